The third-order valence-corrected chi connectivity index (χ3v) is 2.87. The molecule has 0 amide bonds. The second-order valence-corrected chi connectivity index (χ2v) is 4.87. The van der Waals surface area contributed by atoms with Gasteiger partial charge in [-0.3, -0.25) is 4.99 Å². The Bertz CT molecular complexity index is 201. The highest BCUT2D eigenvalue weighted by atomic mass is 15.1. The second kappa shape index (κ2) is 5.95. The van der Waals surface area contributed by atoms with Crippen LogP contribution in [0.1, 0.15) is 26.7 Å². The third kappa shape index (κ3) is 5.02. The van der Waals surface area contributed by atoms with Gasteiger partial charge in [-0.2, -0.15) is 0 Å². The van der Waals surface area contributed by atoms with Crippen molar-refractivity contribution in [2.75, 3.05) is 26.2 Å². The summed E-state index contributed by atoms with van der Waals surface area (Å²) in [6.07, 6.45) is 2.42. The van der Waals surface area contributed by atoms with Crippen LogP contribution in [-0.2, 0) is 0 Å². The molecule has 15 heavy (non-hydrogen) atoms. The second-order valence-electron chi connectivity index (χ2n) is 4.87. The zero-order chi connectivity index (χ0) is 11.3. The van der Waals surface area contributed by atoms with E-state index in [1.165, 1.54) is 19.5 Å². The molecule has 2 unspecified atom stereocenters. The molecule has 1 aliphatic rings. The first-order valence-electron chi connectivity index (χ1n) is 5.85. The zero-order valence-corrected chi connectivity index (χ0v) is 9.95. The molecule has 4 heteroatoms. The highest BCUT2D eigenvalue weighted by Gasteiger charge is 2.20. The molecule has 4 N–H and O–H groups in total. The predicted molar refractivity (Wildman–Crippen MR) is 64.7 cm³/mol. The van der Waals surface area contributed by atoms with Crippen LogP contribution >= 0.6 is 0 Å². The van der Waals surface area contributed by atoms with Crippen LogP contribution in [0.5, 0.6) is 0 Å². The summed E-state index contributed by atoms with van der Waals surface area (Å²) in [6.45, 7) is 8.99. The highest BCUT2D eigenvalue weighted by Crippen LogP contribution is 2.20. The van der Waals surface area contributed by atoms with Crippen molar-refractivity contribution in [2.24, 2.45) is 28.3 Å². The molecule has 0 radical (unpaired) electrons. The van der Waals surface area contributed by atoms with Crippen LogP contribution in [0.3, 0.4) is 0 Å². The van der Waals surface area contributed by atoms with Crippen molar-refractivity contribution >= 4 is 5.96 Å². The predicted octanol–water partition coefficient (Wildman–Crippen LogP) is 0.628. The van der Waals surface area contributed by atoms with E-state index in [1.807, 2.05) is 0 Å². The molecule has 4 nitrogen and oxygen atoms in total. The average molecular weight is 212 g/mol. The van der Waals surface area contributed by atoms with Gasteiger partial charge in [0, 0.05) is 19.6 Å². The van der Waals surface area contributed by atoms with Crippen molar-refractivity contribution in [3.05, 3.63) is 0 Å². The van der Waals surface area contributed by atoms with E-state index >= 15 is 0 Å². The molecule has 0 aromatic rings. The Kier molecular flexibility index (Phi) is 4.88. The first-order valence-corrected chi connectivity index (χ1v) is 5.85. The molecular formula is C11H24N4. The van der Waals surface area contributed by atoms with E-state index in [0.717, 1.165) is 31.3 Å². The number of nitrogens with zero attached hydrogens (tertiary/aromatic N) is 2. The highest BCUT2D eigenvalue weighted by molar-refractivity contribution is 5.75. The zero-order valence-electron chi connectivity index (χ0n) is 9.95. The fourth-order valence-corrected chi connectivity index (χ4v) is 2.48. The van der Waals surface area contributed by atoms with Gasteiger partial charge in [-0.05, 0) is 31.2 Å². The summed E-state index contributed by atoms with van der Waals surface area (Å²) >= 11 is 0. The molecular weight excluding hydrogens is 188 g/mol. The Morgan fingerprint density at radius 3 is 2.40 bits per heavy atom. The number of aliphatic imine (C=N–C) groups is 1. The van der Waals surface area contributed by atoms with E-state index in [2.05, 4.69) is 23.7 Å². The minimum Gasteiger partial charge on any atom is -0.370 e. The Labute approximate surface area is 92.7 Å². The molecule has 1 saturated heterocycles. The van der Waals surface area contributed by atoms with Gasteiger partial charge in [-0.1, -0.05) is 13.8 Å². The first kappa shape index (κ1) is 12.3. The minimum atomic E-state index is 0.204. The molecule has 1 rings (SSSR count). The largest absolute Gasteiger partial charge is 0.370 e. The molecule has 88 valence electrons. The van der Waals surface area contributed by atoms with Crippen molar-refractivity contribution < 1.29 is 0 Å². The van der Waals surface area contributed by atoms with Gasteiger partial charge in [0.15, 0.2) is 5.96 Å². The normalized spacial score (nSPS) is 27.6. The number of guanidine groups is 1. The number of hydrogen-bond acceptors (Lipinski definition) is 2. The number of hydrogen-bond donors (Lipinski definition) is 2. The summed E-state index contributed by atoms with van der Waals surface area (Å²) in [5, 5.41) is 0. The van der Waals surface area contributed by atoms with Gasteiger partial charge in [-0.25, -0.2) is 0 Å². The van der Waals surface area contributed by atoms with Crippen molar-refractivity contribution in [3.8, 4) is 0 Å². The molecule has 0 aromatic heterocycles. The van der Waals surface area contributed by atoms with E-state index in [0.29, 0.717) is 0 Å². The number of likely N-dealkylation sites (tertiary alicyclic amines) is 1. The summed E-state index contributed by atoms with van der Waals surface area (Å²) in [5.41, 5.74) is 10.5. The van der Waals surface area contributed by atoms with Crippen LogP contribution < -0.4 is 11.5 Å². The van der Waals surface area contributed by atoms with E-state index in [9.17, 15) is 0 Å². The van der Waals surface area contributed by atoms with Gasteiger partial charge < -0.3 is 16.4 Å². The Hall–Kier alpha value is -0.770. The van der Waals surface area contributed by atoms with Crippen LogP contribution in [0, 0.1) is 11.8 Å². The summed E-state index contributed by atoms with van der Waals surface area (Å²) < 4.78 is 0. The van der Waals surface area contributed by atoms with Crippen molar-refractivity contribution in [1.29, 1.82) is 0 Å². The molecule has 0 bridgehead atoms. The lowest BCUT2D eigenvalue weighted by molar-refractivity contribution is 0.140. The summed E-state index contributed by atoms with van der Waals surface area (Å²) in [4.78, 5) is 6.52. The van der Waals surface area contributed by atoms with E-state index in [1.54, 1.807) is 0 Å². The molecule has 2 atom stereocenters. The van der Waals surface area contributed by atoms with Crippen LogP contribution in [0.4, 0.5) is 0 Å². The molecule has 0 saturated carbocycles. The lowest BCUT2D eigenvalue weighted by Gasteiger charge is -2.34. The van der Waals surface area contributed by atoms with Crippen molar-refractivity contribution in [3.63, 3.8) is 0 Å². The van der Waals surface area contributed by atoms with Crippen molar-refractivity contribution in [1.82, 2.24) is 4.90 Å². The molecule has 0 aromatic carbocycles. The van der Waals surface area contributed by atoms with Gasteiger partial charge in [-0.15, -0.1) is 0 Å². The maximum atomic E-state index is 5.27. The third-order valence-electron chi connectivity index (χ3n) is 2.87. The van der Waals surface area contributed by atoms with E-state index in [4.69, 9.17) is 11.5 Å². The smallest absolute Gasteiger partial charge is 0.185 e. The summed E-state index contributed by atoms with van der Waals surface area (Å²) in [5.74, 6) is 1.86. The van der Waals surface area contributed by atoms with Gasteiger partial charge in [0.05, 0.1) is 0 Å². The average Bonchev–Trinajstić information content (AvgIpc) is 2.10. The van der Waals surface area contributed by atoms with Gasteiger partial charge in [0.2, 0.25) is 0 Å². The van der Waals surface area contributed by atoms with Crippen LogP contribution in [0.2, 0.25) is 0 Å². The maximum Gasteiger partial charge on any atom is 0.185 e. The summed E-state index contributed by atoms with van der Waals surface area (Å²) in [7, 11) is 0. The fourth-order valence-electron chi connectivity index (χ4n) is 2.48. The summed E-state index contributed by atoms with van der Waals surface area (Å²) in [6, 6.07) is 0. The van der Waals surface area contributed by atoms with E-state index < -0.39 is 0 Å². The van der Waals surface area contributed by atoms with Crippen LogP contribution in [0.25, 0.3) is 0 Å². The fraction of sp³-hybridized carbons (Fsp3) is 0.909. The standard InChI is InChI=1S/C11H24N4/c1-9-6-10(2)8-15(7-9)5-3-4-14-11(12)13/h9-10H,3-8H2,1-2H3,(H4,12,13,14). The Balaban J connectivity index is 2.18. The molecule has 0 aliphatic carbocycles. The monoisotopic (exact) mass is 212 g/mol. The quantitative estimate of drug-likeness (QED) is 0.408. The molecule has 1 aliphatic heterocycles. The van der Waals surface area contributed by atoms with Gasteiger partial charge in [0.1, 0.15) is 0 Å². The topological polar surface area (TPSA) is 67.6 Å². The SMILES string of the molecule is CC1CC(C)CN(CCCN=C(N)N)C1. The number of piperidine rings is 1. The molecule has 1 heterocycles. The Morgan fingerprint density at radius 1 is 1.27 bits per heavy atom. The first-order chi connectivity index (χ1) is 7.08. The maximum absolute atomic E-state index is 5.27. The molecule has 1 fully saturated rings. The van der Waals surface area contributed by atoms with E-state index in [-0.39, 0.29) is 5.96 Å². The Morgan fingerprint density at radius 2 is 1.87 bits per heavy atom. The molecule has 0 spiro atoms. The minimum absolute atomic E-state index is 0.204. The van der Waals surface area contributed by atoms with Crippen LogP contribution in [0.15, 0.2) is 4.99 Å². The van der Waals surface area contributed by atoms with Gasteiger partial charge >= 0.3 is 0 Å². The van der Waals surface area contributed by atoms with Crippen molar-refractivity contribution in [2.45, 2.75) is 26.7 Å². The van der Waals surface area contributed by atoms with Crippen LogP contribution in [-0.4, -0.2) is 37.0 Å². The number of nitrogens with two attached hydrogens (primary N) is 2. The van der Waals surface area contributed by atoms with Gasteiger partial charge in [0.25, 0.3) is 0 Å². The lowest BCUT2D eigenvalue weighted by Crippen LogP contribution is -2.39. The lowest BCUT2D eigenvalue weighted by atomic mass is 9.92. The number of rotatable bonds is 4.